The van der Waals surface area contributed by atoms with E-state index in [-0.39, 0.29) is 18.2 Å². The number of benzene rings is 1. The first-order valence-electron chi connectivity index (χ1n) is 5.56. The first-order chi connectivity index (χ1) is 8.19. The van der Waals surface area contributed by atoms with Gasteiger partial charge in [-0.25, -0.2) is 4.39 Å². The molecule has 17 heavy (non-hydrogen) atoms. The second-order valence-electron chi connectivity index (χ2n) is 4.05. The molecule has 1 aromatic rings. The minimum Gasteiger partial charge on any atom is -0.494 e. The number of hydrogen-bond acceptors (Lipinski definition) is 3. The van der Waals surface area contributed by atoms with Crippen molar-refractivity contribution in [1.29, 1.82) is 0 Å². The van der Waals surface area contributed by atoms with Crippen LogP contribution in [0, 0.1) is 5.82 Å². The molecule has 5 heteroatoms. The van der Waals surface area contributed by atoms with Crippen LogP contribution in [0.3, 0.4) is 0 Å². The molecule has 0 spiro atoms. The lowest BCUT2D eigenvalue weighted by atomic mass is 10.3. The SMILES string of the molecule is COc1ccc(NC(=O)CNC2CC2)cc1F. The van der Waals surface area contributed by atoms with Crippen LogP contribution in [0.1, 0.15) is 12.8 Å². The van der Waals surface area contributed by atoms with Gasteiger partial charge in [0, 0.05) is 17.8 Å². The fraction of sp³-hybridized carbons (Fsp3) is 0.417. The highest BCUT2D eigenvalue weighted by molar-refractivity contribution is 5.92. The highest BCUT2D eigenvalue weighted by Gasteiger charge is 2.21. The monoisotopic (exact) mass is 238 g/mol. The molecule has 0 saturated heterocycles. The van der Waals surface area contributed by atoms with Gasteiger partial charge in [-0.05, 0) is 25.0 Å². The van der Waals surface area contributed by atoms with Crippen LogP contribution in [-0.2, 0) is 4.79 Å². The zero-order chi connectivity index (χ0) is 12.3. The van der Waals surface area contributed by atoms with Gasteiger partial charge in [-0.2, -0.15) is 0 Å². The molecule has 0 atom stereocenters. The molecule has 2 N–H and O–H groups in total. The van der Waals surface area contributed by atoms with Crippen molar-refractivity contribution >= 4 is 11.6 Å². The molecule has 1 saturated carbocycles. The standard InChI is InChI=1S/C12H15FN2O2/c1-17-11-5-4-9(6-10(11)13)15-12(16)7-14-8-2-3-8/h4-6,8,14H,2-3,7H2,1H3,(H,15,16). The Labute approximate surface area is 99.2 Å². The predicted molar refractivity (Wildman–Crippen MR) is 62.6 cm³/mol. The Hall–Kier alpha value is -1.62. The lowest BCUT2D eigenvalue weighted by Gasteiger charge is -2.07. The maximum atomic E-state index is 13.3. The molecule has 92 valence electrons. The molecule has 1 aromatic carbocycles. The fourth-order valence-electron chi connectivity index (χ4n) is 1.47. The van der Waals surface area contributed by atoms with E-state index in [1.807, 2.05) is 0 Å². The van der Waals surface area contributed by atoms with Gasteiger partial charge in [-0.3, -0.25) is 4.79 Å². The highest BCUT2D eigenvalue weighted by Crippen LogP contribution is 2.21. The number of carbonyl (C=O) groups is 1. The summed E-state index contributed by atoms with van der Waals surface area (Å²) in [5, 5.41) is 5.70. The van der Waals surface area contributed by atoms with Crippen LogP contribution < -0.4 is 15.4 Å². The minimum absolute atomic E-state index is 0.165. The van der Waals surface area contributed by atoms with E-state index in [2.05, 4.69) is 10.6 Å². The molecular formula is C12H15FN2O2. The molecule has 4 nitrogen and oxygen atoms in total. The van der Waals surface area contributed by atoms with Crippen LogP contribution in [0.25, 0.3) is 0 Å². The third kappa shape index (κ3) is 3.42. The van der Waals surface area contributed by atoms with Gasteiger partial charge in [0.1, 0.15) is 0 Å². The molecule has 0 aliphatic heterocycles. The van der Waals surface area contributed by atoms with E-state index in [9.17, 15) is 9.18 Å². The molecule has 0 unspecified atom stereocenters. The van der Waals surface area contributed by atoms with Crippen LogP contribution in [0.4, 0.5) is 10.1 Å². The van der Waals surface area contributed by atoms with E-state index in [0.29, 0.717) is 11.7 Å². The van der Waals surface area contributed by atoms with Crippen molar-refractivity contribution in [2.45, 2.75) is 18.9 Å². The molecule has 0 heterocycles. The average Bonchev–Trinajstić information content (AvgIpc) is 3.10. The Morgan fingerprint density at radius 1 is 1.53 bits per heavy atom. The molecule has 1 amide bonds. The van der Waals surface area contributed by atoms with Gasteiger partial charge in [0.05, 0.1) is 13.7 Å². The third-order valence-corrected chi connectivity index (χ3v) is 2.56. The Morgan fingerprint density at radius 3 is 2.88 bits per heavy atom. The second-order valence-corrected chi connectivity index (χ2v) is 4.05. The first kappa shape index (κ1) is 11.9. The first-order valence-corrected chi connectivity index (χ1v) is 5.56. The quantitative estimate of drug-likeness (QED) is 0.817. The topological polar surface area (TPSA) is 50.4 Å². The maximum absolute atomic E-state index is 13.3. The van der Waals surface area contributed by atoms with Crippen molar-refractivity contribution in [2.75, 3.05) is 19.0 Å². The molecule has 1 aliphatic rings. The largest absolute Gasteiger partial charge is 0.494 e. The normalized spacial score (nSPS) is 14.5. The van der Waals surface area contributed by atoms with Crippen LogP contribution in [0.5, 0.6) is 5.75 Å². The van der Waals surface area contributed by atoms with Gasteiger partial charge in [-0.15, -0.1) is 0 Å². The molecule has 0 radical (unpaired) electrons. The smallest absolute Gasteiger partial charge is 0.238 e. The summed E-state index contributed by atoms with van der Waals surface area (Å²) in [6.07, 6.45) is 2.26. The molecule has 1 aliphatic carbocycles. The van der Waals surface area contributed by atoms with Gasteiger partial charge in [0.25, 0.3) is 0 Å². The van der Waals surface area contributed by atoms with Crippen molar-refractivity contribution in [3.63, 3.8) is 0 Å². The van der Waals surface area contributed by atoms with Gasteiger partial charge in [-0.1, -0.05) is 0 Å². The Morgan fingerprint density at radius 2 is 2.29 bits per heavy atom. The number of carbonyl (C=O) groups excluding carboxylic acids is 1. The van der Waals surface area contributed by atoms with Crippen LogP contribution in [-0.4, -0.2) is 25.6 Å². The van der Waals surface area contributed by atoms with Gasteiger partial charge in [0.2, 0.25) is 5.91 Å². The predicted octanol–water partition coefficient (Wildman–Crippen LogP) is 1.52. The fourth-order valence-corrected chi connectivity index (χ4v) is 1.47. The van der Waals surface area contributed by atoms with Crippen LogP contribution >= 0.6 is 0 Å². The van der Waals surface area contributed by atoms with Crippen LogP contribution in [0.15, 0.2) is 18.2 Å². The highest BCUT2D eigenvalue weighted by atomic mass is 19.1. The number of anilines is 1. The number of halogens is 1. The van der Waals surface area contributed by atoms with E-state index in [0.717, 1.165) is 12.8 Å². The van der Waals surface area contributed by atoms with Crippen LogP contribution in [0.2, 0.25) is 0 Å². The van der Waals surface area contributed by atoms with Gasteiger partial charge in [0.15, 0.2) is 11.6 Å². The average molecular weight is 238 g/mol. The van der Waals surface area contributed by atoms with Crippen molar-refractivity contribution in [3.8, 4) is 5.75 Å². The Kier molecular flexibility index (Phi) is 3.58. The van der Waals surface area contributed by atoms with Crippen molar-refractivity contribution in [1.82, 2.24) is 5.32 Å². The molecule has 0 aromatic heterocycles. The zero-order valence-corrected chi connectivity index (χ0v) is 9.63. The molecular weight excluding hydrogens is 223 g/mol. The third-order valence-electron chi connectivity index (χ3n) is 2.56. The molecule has 2 rings (SSSR count). The summed E-state index contributed by atoms with van der Waals surface area (Å²) in [5.74, 6) is -0.485. The molecule has 0 bridgehead atoms. The Balaban J connectivity index is 1.88. The van der Waals surface area contributed by atoms with Gasteiger partial charge >= 0.3 is 0 Å². The summed E-state index contributed by atoms with van der Waals surface area (Å²) >= 11 is 0. The summed E-state index contributed by atoms with van der Waals surface area (Å²) in [5.41, 5.74) is 0.436. The van der Waals surface area contributed by atoms with Crippen molar-refractivity contribution in [2.24, 2.45) is 0 Å². The summed E-state index contributed by atoms with van der Waals surface area (Å²) in [7, 11) is 1.40. The number of hydrogen-bond donors (Lipinski definition) is 2. The summed E-state index contributed by atoms with van der Waals surface area (Å²) < 4.78 is 18.1. The van der Waals surface area contributed by atoms with E-state index in [4.69, 9.17) is 4.74 Å². The lowest BCUT2D eigenvalue weighted by molar-refractivity contribution is -0.115. The van der Waals surface area contributed by atoms with Crippen molar-refractivity contribution < 1.29 is 13.9 Å². The van der Waals surface area contributed by atoms with E-state index < -0.39 is 5.82 Å². The second kappa shape index (κ2) is 5.14. The Bertz CT molecular complexity index is 419. The number of ether oxygens (including phenoxy) is 1. The van der Waals surface area contributed by atoms with E-state index in [1.165, 1.54) is 19.2 Å². The number of rotatable bonds is 5. The number of nitrogens with one attached hydrogen (secondary N) is 2. The minimum atomic E-state index is -0.486. The van der Waals surface area contributed by atoms with Gasteiger partial charge < -0.3 is 15.4 Å². The maximum Gasteiger partial charge on any atom is 0.238 e. The summed E-state index contributed by atoms with van der Waals surface area (Å²) in [6.45, 7) is 0.262. The molecule has 1 fully saturated rings. The van der Waals surface area contributed by atoms with E-state index in [1.54, 1.807) is 6.07 Å². The zero-order valence-electron chi connectivity index (χ0n) is 9.63. The van der Waals surface area contributed by atoms with E-state index >= 15 is 0 Å². The number of methoxy groups -OCH3 is 1. The lowest BCUT2D eigenvalue weighted by Crippen LogP contribution is -2.29. The van der Waals surface area contributed by atoms with Crippen molar-refractivity contribution in [3.05, 3.63) is 24.0 Å². The summed E-state index contributed by atoms with van der Waals surface area (Å²) in [4.78, 5) is 11.5. The summed E-state index contributed by atoms with van der Waals surface area (Å²) in [6, 6.07) is 4.82. The number of amides is 1.